The number of benzene rings is 3. The molecular formula is C26H21F2NO2. The second kappa shape index (κ2) is 8.56. The van der Waals surface area contributed by atoms with Gasteiger partial charge in [-0.2, -0.15) is 0 Å². The highest BCUT2D eigenvalue weighted by Crippen LogP contribution is 2.43. The smallest absolute Gasteiger partial charge is 0.131 e. The lowest BCUT2D eigenvalue weighted by Crippen LogP contribution is -1.99. The highest BCUT2D eigenvalue weighted by Gasteiger charge is 2.20. The van der Waals surface area contributed by atoms with Gasteiger partial charge in [-0.1, -0.05) is 30.3 Å². The van der Waals surface area contributed by atoms with Gasteiger partial charge in [-0.3, -0.25) is 4.98 Å². The molecule has 3 nitrogen and oxygen atoms in total. The monoisotopic (exact) mass is 417 g/mol. The van der Waals surface area contributed by atoms with Crippen molar-refractivity contribution in [1.82, 2.24) is 4.98 Å². The Morgan fingerprint density at radius 2 is 1.35 bits per heavy atom. The zero-order chi connectivity index (χ0) is 22.0. The van der Waals surface area contributed by atoms with E-state index in [9.17, 15) is 8.78 Å². The standard InChI is InChI=1S/C26H21F2NO2/c1-16-25(17-8-10-19(27)11-9-17)26(18-12-20(30-2)14-21(13-18)31-3)23(15-29-16)22-6-4-5-7-24(22)28/h4-15H,1-3H3. The highest BCUT2D eigenvalue weighted by molar-refractivity contribution is 5.95. The van der Waals surface area contributed by atoms with Gasteiger partial charge in [0.25, 0.3) is 0 Å². The number of nitrogens with zero attached hydrogens (tertiary/aromatic N) is 1. The van der Waals surface area contributed by atoms with Crippen LogP contribution in [-0.4, -0.2) is 19.2 Å². The molecule has 0 bridgehead atoms. The predicted molar refractivity (Wildman–Crippen MR) is 118 cm³/mol. The number of ether oxygens (including phenoxy) is 2. The van der Waals surface area contributed by atoms with Crippen molar-refractivity contribution in [2.24, 2.45) is 0 Å². The average molecular weight is 417 g/mol. The third-order valence-corrected chi connectivity index (χ3v) is 5.21. The zero-order valence-corrected chi connectivity index (χ0v) is 17.4. The van der Waals surface area contributed by atoms with Crippen LogP contribution in [-0.2, 0) is 0 Å². The van der Waals surface area contributed by atoms with Crippen LogP contribution >= 0.6 is 0 Å². The molecule has 0 amide bonds. The number of methoxy groups -OCH3 is 2. The largest absolute Gasteiger partial charge is 0.497 e. The molecule has 0 saturated carbocycles. The van der Waals surface area contributed by atoms with E-state index in [1.54, 1.807) is 56.8 Å². The molecule has 0 spiro atoms. The van der Waals surface area contributed by atoms with Crippen molar-refractivity contribution < 1.29 is 18.3 Å². The Balaban J connectivity index is 2.11. The minimum Gasteiger partial charge on any atom is -0.497 e. The lowest BCUT2D eigenvalue weighted by Gasteiger charge is -2.19. The van der Waals surface area contributed by atoms with Gasteiger partial charge < -0.3 is 9.47 Å². The topological polar surface area (TPSA) is 31.4 Å². The second-order valence-electron chi connectivity index (χ2n) is 7.10. The maximum atomic E-state index is 14.8. The van der Waals surface area contributed by atoms with Crippen LogP contribution in [0.2, 0.25) is 0 Å². The van der Waals surface area contributed by atoms with Gasteiger partial charge in [0.05, 0.1) is 14.2 Å². The number of aromatic nitrogens is 1. The molecular weight excluding hydrogens is 396 g/mol. The quantitative estimate of drug-likeness (QED) is 0.363. The first kappa shape index (κ1) is 20.5. The van der Waals surface area contributed by atoms with E-state index in [4.69, 9.17) is 9.47 Å². The number of halogens is 2. The third kappa shape index (κ3) is 3.99. The van der Waals surface area contributed by atoms with Crippen LogP contribution in [0.15, 0.2) is 72.9 Å². The zero-order valence-electron chi connectivity index (χ0n) is 17.4. The second-order valence-corrected chi connectivity index (χ2v) is 7.10. The van der Waals surface area contributed by atoms with E-state index in [2.05, 4.69) is 4.98 Å². The summed E-state index contributed by atoms with van der Waals surface area (Å²) >= 11 is 0. The van der Waals surface area contributed by atoms with Crippen LogP contribution in [0.4, 0.5) is 8.78 Å². The molecule has 0 fully saturated rings. The van der Waals surface area contributed by atoms with Crippen LogP contribution in [0.5, 0.6) is 11.5 Å². The summed E-state index contributed by atoms with van der Waals surface area (Å²) in [6.07, 6.45) is 1.67. The lowest BCUT2D eigenvalue weighted by atomic mass is 9.87. The molecule has 1 heterocycles. The predicted octanol–water partition coefficient (Wildman–Crippen LogP) is 6.69. The van der Waals surface area contributed by atoms with Gasteiger partial charge in [0.2, 0.25) is 0 Å². The van der Waals surface area contributed by atoms with Crippen molar-refractivity contribution in [1.29, 1.82) is 0 Å². The van der Waals surface area contributed by atoms with Crippen molar-refractivity contribution in [3.05, 3.63) is 90.3 Å². The van der Waals surface area contributed by atoms with Gasteiger partial charge in [0, 0.05) is 40.2 Å². The molecule has 4 aromatic rings. The third-order valence-electron chi connectivity index (χ3n) is 5.21. The van der Waals surface area contributed by atoms with E-state index < -0.39 is 0 Å². The van der Waals surface area contributed by atoms with Gasteiger partial charge in [-0.05, 0) is 48.4 Å². The summed E-state index contributed by atoms with van der Waals surface area (Å²) in [5.41, 5.74) is 4.90. The Kier molecular flexibility index (Phi) is 5.67. The molecule has 0 atom stereocenters. The summed E-state index contributed by atoms with van der Waals surface area (Å²) < 4.78 is 39.4. The molecule has 0 aliphatic heterocycles. The summed E-state index contributed by atoms with van der Waals surface area (Å²) in [7, 11) is 3.16. The number of hydrogen-bond acceptors (Lipinski definition) is 3. The molecule has 0 aliphatic rings. The van der Waals surface area contributed by atoms with Crippen molar-refractivity contribution in [3.63, 3.8) is 0 Å². The SMILES string of the molecule is COc1cc(OC)cc(-c2c(-c3ccccc3F)cnc(C)c2-c2ccc(F)cc2)c1. The maximum absolute atomic E-state index is 14.8. The van der Waals surface area contributed by atoms with Gasteiger partial charge in [-0.15, -0.1) is 0 Å². The fourth-order valence-electron chi connectivity index (χ4n) is 3.71. The molecule has 0 saturated heterocycles. The van der Waals surface area contributed by atoms with E-state index in [1.807, 2.05) is 19.1 Å². The van der Waals surface area contributed by atoms with E-state index in [1.165, 1.54) is 18.2 Å². The summed E-state index contributed by atoms with van der Waals surface area (Å²) in [5.74, 6) is 0.528. The molecule has 31 heavy (non-hydrogen) atoms. The molecule has 5 heteroatoms. The van der Waals surface area contributed by atoms with E-state index in [0.29, 0.717) is 22.6 Å². The number of aryl methyl sites for hydroxylation is 1. The van der Waals surface area contributed by atoms with Crippen LogP contribution in [0.1, 0.15) is 5.69 Å². The van der Waals surface area contributed by atoms with Crippen LogP contribution in [0.3, 0.4) is 0 Å². The number of pyridine rings is 1. The Hall–Kier alpha value is -3.73. The van der Waals surface area contributed by atoms with Crippen molar-refractivity contribution in [3.8, 4) is 44.9 Å². The summed E-state index contributed by atoms with van der Waals surface area (Å²) in [6, 6.07) is 18.3. The molecule has 156 valence electrons. The molecule has 0 aliphatic carbocycles. The van der Waals surface area contributed by atoms with E-state index in [-0.39, 0.29) is 11.6 Å². The molecule has 0 unspecified atom stereocenters. The fraction of sp³-hybridized carbons (Fsp3) is 0.115. The maximum Gasteiger partial charge on any atom is 0.131 e. The highest BCUT2D eigenvalue weighted by atomic mass is 19.1. The van der Waals surface area contributed by atoms with Crippen LogP contribution in [0.25, 0.3) is 33.4 Å². The van der Waals surface area contributed by atoms with Crippen LogP contribution < -0.4 is 9.47 Å². The fourth-order valence-corrected chi connectivity index (χ4v) is 3.71. The normalized spacial score (nSPS) is 10.7. The Bertz CT molecular complexity index is 1210. The summed E-state index contributed by atoms with van der Waals surface area (Å²) in [6.45, 7) is 1.88. The van der Waals surface area contributed by atoms with Crippen molar-refractivity contribution in [2.45, 2.75) is 6.92 Å². The molecule has 0 N–H and O–H groups in total. The van der Waals surface area contributed by atoms with Crippen molar-refractivity contribution in [2.75, 3.05) is 14.2 Å². The molecule has 1 aromatic heterocycles. The molecule has 3 aromatic carbocycles. The average Bonchev–Trinajstić information content (AvgIpc) is 2.79. The minimum absolute atomic E-state index is 0.329. The first-order chi connectivity index (χ1) is 15.0. The number of hydrogen-bond donors (Lipinski definition) is 0. The first-order valence-electron chi connectivity index (χ1n) is 9.75. The van der Waals surface area contributed by atoms with Gasteiger partial charge in [0.15, 0.2) is 0 Å². The van der Waals surface area contributed by atoms with Gasteiger partial charge in [-0.25, -0.2) is 8.78 Å². The Morgan fingerprint density at radius 3 is 1.97 bits per heavy atom. The molecule has 0 radical (unpaired) electrons. The van der Waals surface area contributed by atoms with Crippen LogP contribution in [0, 0.1) is 18.6 Å². The van der Waals surface area contributed by atoms with Gasteiger partial charge >= 0.3 is 0 Å². The van der Waals surface area contributed by atoms with E-state index >= 15 is 0 Å². The van der Waals surface area contributed by atoms with Gasteiger partial charge in [0.1, 0.15) is 23.1 Å². The van der Waals surface area contributed by atoms with Crippen molar-refractivity contribution >= 4 is 0 Å². The minimum atomic E-state index is -0.352. The summed E-state index contributed by atoms with van der Waals surface area (Å²) in [4.78, 5) is 4.54. The lowest BCUT2D eigenvalue weighted by molar-refractivity contribution is 0.394. The molecule has 4 rings (SSSR count). The van der Waals surface area contributed by atoms with E-state index in [0.717, 1.165) is 27.9 Å². The Labute approximate surface area is 179 Å². The number of rotatable bonds is 5. The Morgan fingerprint density at radius 1 is 0.710 bits per heavy atom. The summed E-state index contributed by atoms with van der Waals surface area (Å²) in [5, 5.41) is 0. The first-order valence-corrected chi connectivity index (χ1v) is 9.75.